The molecule has 1 heterocycles. The number of Topliss-reactive ketones (excluding diaryl/α,β-unsaturated/α-hetero) is 1. The van der Waals surface area contributed by atoms with Crippen molar-refractivity contribution in [1.82, 2.24) is 10.3 Å². The highest BCUT2D eigenvalue weighted by molar-refractivity contribution is 6.19. The normalized spacial score (nSPS) is 11.6. The summed E-state index contributed by atoms with van der Waals surface area (Å²) >= 11 is 0. The van der Waals surface area contributed by atoms with Gasteiger partial charge in [-0.3, -0.25) is 4.79 Å². The van der Waals surface area contributed by atoms with Crippen LogP contribution in [0.3, 0.4) is 0 Å². The monoisotopic (exact) mass is 246 g/mol. The Morgan fingerprint density at radius 1 is 1.28 bits per heavy atom. The largest absolute Gasteiger partial charge is 0.465 e. The number of nitrogens with zero attached hydrogens (tertiary/aromatic N) is 2. The zero-order valence-corrected chi connectivity index (χ0v) is 9.84. The number of rotatable bonds is 3. The zero-order chi connectivity index (χ0) is 13.1. The minimum atomic E-state index is -0.666. The summed E-state index contributed by atoms with van der Waals surface area (Å²) in [5.41, 5.74) is 1.79. The van der Waals surface area contributed by atoms with E-state index >= 15 is 0 Å². The fourth-order valence-corrected chi connectivity index (χ4v) is 1.47. The van der Waals surface area contributed by atoms with Gasteiger partial charge in [-0.1, -0.05) is 6.07 Å². The predicted octanol–water partition coefficient (Wildman–Crippen LogP) is 1.37. The number of hydrogen-bond donors (Lipinski definition) is 0. The standard InChI is InChI=1S/C12H10N2O4/c1-7(15)9(12(16)17-2)5-8-3-4-10-11(6-8)14-18-13-10/h3-6H,1-2H3/b9-5-. The molecule has 2 rings (SSSR count). The molecule has 0 saturated heterocycles. The van der Waals surface area contributed by atoms with Crippen molar-refractivity contribution in [2.75, 3.05) is 7.11 Å². The van der Waals surface area contributed by atoms with E-state index in [4.69, 9.17) is 0 Å². The summed E-state index contributed by atoms with van der Waals surface area (Å²) in [5.74, 6) is -1.03. The summed E-state index contributed by atoms with van der Waals surface area (Å²) in [4.78, 5) is 22.8. The maximum atomic E-state index is 11.4. The van der Waals surface area contributed by atoms with Gasteiger partial charge in [-0.15, -0.1) is 0 Å². The summed E-state index contributed by atoms with van der Waals surface area (Å²) in [6.45, 7) is 1.30. The lowest BCUT2D eigenvalue weighted by molar-refractivity contribution is -0.137. The van der Waals surface area contributed by atoms with Crippen LogP contribution < -0.4 is 0 Å². The lowest BCUT2D eigenvalue weighted by atomic mass is 10.1. The van der Waals surface area contributed by atoms with Gasteiger partial charge in [-0.05, 0) is 41.0 Å². The molecule has 0 radical (unpaired) electrons. The van der Waals surface area contributed by atoms with E-state index in [1.54, 1.807) is 18.2 Å². The second kappa shape index (κ2) is 4.79. The van der Waals surface area contributed by atoms with E-state index < -0.39 is 5.97 Å². The number of methoxy groups -OCH3 is 1. The summed E-state index contributed by atoms with van der Waals surface area (Å²) in [6, 6.07) is 5.06. The van der Waals surface area contributed by atoms with Crippen LogP contribution in [0.25, 0.3) is 17.1 Å². The van der Waals surface area contributed by atoms with Crippen molar-refractivity contribution in [2.24, 2.45) is 0 Å². The number of carbonyl (C=O) groups is 2. The van der Waals surface area contributed by atoms with Crippen molar-refractivity contribution in [2.45, 2.75) is 6.92 Å². The molecule has 0 aliphatic rings. The van der Waals surface area contributed by atoms with E-state index in [-0.39, 0.29) is 11.4 Å². The molecule has 92 valence electrons. The highest BCUT2D eigenvalue weighted by atomic mass is 16.6. The fourth-order valence-electron chi connectivity index (χ4n) is 1.47. The van der Waals surface area contributed by atoms with Crippen LogP contribution in [0.5, 0.6) is 0 Å². The average Bonchev–Trinajstić information content (AvgIpc) is 2.82. The van der Waals surface area contributed by atoms with Gasteiger partial charge in [-0.25, -0.2) is 9.42 Å². The predicted molar refractivity (Wildman–Crippen MR) is 62.5 cm³/mol. The van der Waals surface area contributed by atoms with Crippen LogP contribution in [0.2, 0.25) is 0 Å². The van der Waals surface area contributed by atoms with Crippen molar-refractivity contribution >= 4 is 28.9 Å². The number of hydrogen-bond acceptors (Lipinski definition) is 6. The van der Waals surface area contributed by atoms with E-state index in [2.05, 4.69) is 19.7 Å². The first-order valence-electron chi connectivity index (χ1n) is 5.15. The molecule has 0 aliphatic carbocycles. The number of esters is 1. The van der Waals surface area contributed by atoms with E-state index in [0.29, 0.717) is 16.6 Å². The van der Waals surface area contributed by atoms with Crippen LogP contribution in [0.4, 0.5) is 0 Å². The molecular formula is C12H10N2O4. The first-order chi connectivity index (χ1) is 8.61. The third-order valence-electron chi connectivity index (χ3n) is 2.37. The molecule has 0 saturated carbocycles. The summed E-state index contributed by atoms with van der Waals surface area (Å²) in [7, 11) is 1.23. The Labute approximate surface area is 102 Å². The van der Waals surface area contributed by atoms with Gasteiger partial charge in [0.15, 0.2) is 5.78 Å². The Hall–Kier alpha value is -2.50. The molecule has 1 aromatic heterocycles. The van der Waals surface area contributed by atoms with Crippen molar-refractivity contribution in [1.29, 1.82) is 0 Å². The molecule has 18 heavy (non-hydrogen) atoms. The Balaban J connectivity index is 2.45. The Kier molecular flexibility index (Phi) is 3.18. The van der Waals surface area contributed by atoms with Gasteiger partial charge < -0.3 is 4.74 Å². The minimum Gasteiger partial charge on any atom is -0.465 e. The summed E-state index contributed by atoms with van der Waals surface area (Å²) in [6.07, 6.45) is 1.45. The van der Waals surface area contributed by atoms with Crippen molar-refractivity contribution in [3.8, 4) is 0 Å². The third-order valence-corrected chi connectivity index (χ3v) is 2.37. The maximum absolute atomic E-state index is 11.4. The molecule has 0 amide bonds. The molecular weight excluding hydrogens is 236 g/mol. The van der Waals surface area contributed by atoms with Gasteiger partial charge in [0.1, 0.15) is 16.6 Å². The van der Waals surface area contributed by atoms with E-state index in [9.17, 15) is 9.59 Å². The smallest absolute Gasteiger partial charge is 0.341 e. The molecule has 0 bridgehead atoms. The van der Waals surface area contributed by atoms with Gasteiger partial charge in [0.25, 0.3) is 0 Å². The summed E-state index contributed by atoms with van der Waals surface area (Å²) in [5, 5.41) is 7.34. The molecule has 6 heteroatoms. The summed E-state index contributed by atoms with van der Waals surface area (Å²) < 4.78 is 9.11. The van der Waals surface area contributed by atoms with E-state index in [0.717, 1.165) is 0 Å². The Morgan fingerprint density at radius 2 is 2.00 bits per heavy atom. The quantitative estimate of drug-likeness (QED) is 0.352. The van der Waals surface area contributed by atoms with E-state index in [1.165, 1.54) is 20.1 Å². The lowest BCUT2D eigenvalue weighted by Gasteiger charge is -2.01. The second-order valence-electron chi connectivity index (χ2n) is 3.62. The minimum absolute atomic E-state index is 0.0201. The van der Waals surface area contributed by atoms with Crippen molar-refractivity contribution in [3.63, 3.8) is 0 Å². The molecule has 2 aromatic rings. The molecule has 1 aromatic carbocycles. The number of aromatic nitrogens is 2. The number of ether oxygens (including phenoxy) is 1. The van der Waals surface area contributed by atoms with Crippen LogP contribution in [0, 0.1) is 0 Å². The second-order valence-corrected chi connectivity index (χ2v) is 3.62. The van der Waals surface area contributed by atoms with E-state index in [1.807, 2.05) is 0 Å². The van der Waals surface area contributed by atoms with Crippen LogP contribution in [0.1, 0.15) is 12.5 Å². The highest BCUT2D eigenvalue weighted by Gasteiger charge is 2.14. The van der Waals surface area contributed by atoms with Crippen LogP contribution in [-0.2, 0) is 14.3 Å². The molecule has 6 nitrogen and oxygen atoms in total. The SMILES string of the molecule is COC(=O)/C(=C\c1ccc2nonc2c1)C(C)=O. The van der Waals surface area contributed by atoms with Gasteiger partial charge in [0, 0.05) is 0 Å². The van der Waals surface area contributed by atoms with Gasteiger partial charge >= 0.3 is 5.97 Å². The van der Waals surface area contributed by atoms with Crippen molar-refractivity contribution < 1.29 is 19.0 Å². The first kappa shape index (κ1) is 12.0. The molecule has 0 aliphatic heterocycles. The van der Waals surface area contributed by atoms with Gasteiger partial charge in [-0.2, -0.15) is 0 Å². The van der Waals surface area contributed by atoms with Gasteiger partial charge in [0.2, 0.25) is 0 Å². The van der Waals surface area contributed by atoms with Crippen molar-refractivity contribution in [3.05, 3.63) is 29.3 Å². The van der Waals surface area contributed by atoms with Crippen LogP contribution in [0.15, 0.2) is 28.4 Å². The lowest BCUT2D eigenvalue weighted by Crippen LogP contribution is -2.11. The third kappa shape index (κ3) is 2.27. The molecule has 0 unspecified atom stereocenters. The van der Waals surface area contributed by atoms with Crippen LogP contribution in [-0.4, -0.2) is 29.2 Å². The zero-order valence-electron chi connectivity index (χ0n) is 9.84. The Morgan fingerprint density at radius 3 is 2.67 bits per heavy atom. The molecule has 0 N–H and O–H groups in total. The molecule has 0 atom stereocenters. The topological polar surface area (TPSA) is 82.3 Å². The molecule has 0 spiro atoms. The van der Waals surface area contributed by atoms with Gasteiger partial charge in [0.05, 0.1) is 7.11 Å². The average molecular weight is 246 g/mol. The number of fused-ring (bicyclic) bond motifs is 1. The fraction of sp³-hybridized carbons (Fsp3) is 0.167. The number of carbonyl (C=O) groups excluding carboxylic acids is 2. The Bertz CT molecular complexity index is 642. The highest BCUT2D eigenvalue weighted by Crippen LogP contribution is 2.15. The maximum Gasteiger partial charge on any atom is 0.341 e. The number of benzene rings is 1. The van der Waals surface area contributed by atoms with Crippen LogP contribution >= 0.6 is 0 Å². The molecule has 0 fully saturated rings. The number of ketones is 1. The first-order valence-corrected chi connectivity index (χ1v) is 5.15.